The van der Waals surface area contributed by atoms with Crippen molar-refractivity contribution in [3.63, 3.8) is 0 Å². The van der Waals surface area contributed by atoms with Crippen LogP contribution in [0.15, 0.2) is 23.8 Å². The van der Waals surface area contributed by atoms with Gasteiger partial charge >= 0.3 is 0 Å². The van der Waals surface area contributed by atoms with E-state index in [1.54, 1.807) is 0 Å². The number of allylic oxidation sites excluding steroid dienone is 3. The number of hydrogen-bond acceptors (Lipinski definition) is 6. The predicted molar refractivity (Wildman–Crippen MR) is 91.0 cm³/mol. The highest BCUT2D eigenvalue weighted by molar-refractivity contribution is 5.10. The summed E-state index contributed by atoms with van der Waals surface area (Å²) in [6.45, 7) is 7.48. The van der Waals surface area contributed by atoms with Crippen molar-refractivity contribution < 1.29 is 29.9 Å². The summed E-state index contributed by atoms with van der Waals surface area (Å²) in [5, 5.41) is 35.2. The first kappa shape index (κ1) is 24.5. The topological polar surface area (TPSA) is 99.4 Å². The molecule has 4 unspecified atom stereocenters. The van der Waals surface area contributed by atoms with E-state index in [-0.39, 0.29) is 13.2 Å². The molecule has 0 aromatic carbocycles. The highest BCUT2D eigenvalue weighted by Gasteiger charge is 2.38. The largest absolute Gasteiger partial charge is 0.400 e. The average molecular weight is 334 g/mol. The number of hydrogen-bond donors (Lipinski definition) is 4. The van der Waals surface area contributed by atoms with Gasteiger partial charge in [-0.25, -0.2) is 0 Å². The molecule has 6 heteroatoms. The van der Waals surface area contributed by atoms with E-state index in [2.05, 4.69) is 0 Å². The number of rotatable bonds is 6. The van der Waals surface area contributed by atoms with Crippen molar-refractivity contribution in [3.05, 3.63) is 23.8 Å². The molecule has 4 atom stereocenters. The molecule has 4 N–H and O–H groups in total. The minimum Gasteiger partial charge on any atom is -0.400 e. The van der Waals surface area contributed by atoms with Crippen LogP contribution < -0.4 is 0 Å². The maximum absolute atomic E-state index is 9.95. The van der Waals surface area contributed by atoms with Gasteiger partial charge < -0.3 is 29.9 Å². The van der Waals surface area contributed by atoms with Crippen LogP contribution >= 0.6 is 0 Å². The van der Waals surface area contributed by atoms with Crippen molar-refractivity contribution in [3.8, 4) is 0 Å². The number of aliphatic hydroxyl groups is 4. The van der Waals surface area contributed by atoms with Crippen molar-refractivity contribution in [2.75, 3.05) is 20.3 Å². The van der Waals surface area contributed by atoms with Crippen molar-refractivity contribution in [2.24, 2.45) is 0 Å². The van der Waals surface area contributed by atoms with E-state index >= 15 is 0 Å². The average Bonchev–Trinajstić information content (AvgIpc) is 2.61. The number of ether oxygens (including phenoxy) is 2. The van der Waals surface area contributed by atoms with E-state index in [1.807, 2.05) is 45.9 Å². The molecule has 6 nitrogen and oxygen atoms in total. The highest BCUT2D eigenvalue weighted by Crippen LogP contribution is 2.27. The summed E-state index contributed by atoms with van der Waals surface area (Å²) in [5.41, 5.74) is 0.936. The Morgan fingerprint density at radius 2 is 1.61 bits per heavy atom. The zero-order chi connectivity index (χ0) is 18.3. The number of aliphatic hydroxyl groups excluding tert-OH is 4. The fraction of sp³-hybridized carbons (Fsp3) is 0.765. The van der Waals surface area contributed by atoms with Crippen LogP contribution in [0.5, 0.6) is 0 Å². The lowest BCUT2D eigenvalue weighted by molar-refractivity contribution is -0.277. The minimum absolute atomic E-state index is 0.0768. The first-order chi connectivity index (χ1) is 11.2. The van der Waals surface area contributed by atoms with Crippen LogP contribution in [0, 0.1) is 0 Å². The quantitative estimate of drug-likeness (QED) is 0.548. The highest BCUT2D eigenvalue weighted by atomic mass is 16.7. The first-order valence-corrected chi connectivity index (χ1v) is 8.09. The van der Waals surface area contributed by atoms with Crippen LogP contribution in [0.2, 0.25) is 0 Å². The third kappa shape index (κ3) is 8.60. The Labute approximate surface area is 140 Å². The predicted octanol–water partition coefficient (Wildman–Crippen LogP) is 1.38. The lowest BCUT2D eigenvalue weighted by atomic mass is 10.0. The Morgan fingerprint density at radius 3 is 2.04 bits per heavy atom. The summed E-state index contributed by atoms with van der Waals surface area (Å²) in [6.07, 6.45) is 4.13. The van der Waals surface area contributed by atoms with Crippen molar-refractivity contribution in [1.29, 1.82) is 0 Å². The molecule has 23 heavy (non-hydrogen) atoms. The van der Waals surface area contributed by atoms with E-state index < -0.39 is 24.6 Å². The van der Waals surface area contributed by atoms with Crippen molar-refractivity contribution in [1.82, 2.24) is 0 Å². The summed E-state index contributed by atoms with van der Waals surface area (Å²) in [5.74, 6) is 0. The van der Waals surface area contributed by atoms with Crippen LogP contribution in [0.3, 0.4) is 0 Å². The second-order valence-corrected chi connectivity index (χ2v) is 4.50. The minimum atomic E-state index is -0.923. The van der Waals surface area contributed by atoms with Crippen LogP contribution in [-0.2, 0) is 9.47 Å². The molecule has 1 fully saturated rings. The Kier molecular flexibility index (Phi) is 17.2. The fourth-order valence-corrected chi connectivity index (χ4v) is 2.05. The molecule has 1 saturated heterocycles. The van der Waals surface area contributed by atoms with Gasteiger partial charge in [0.1, 0.15) is 12.2 Å². The molecule has 1 rings (SSSR count). The zero-order valence-electron chi connectivity index (χ0n) is 15.0. The Hall–Kier alpha value is -0.760. The maximum atomic E-state index is 9.95. The van der Waals surface area contributed by atoms with E-state index in [1.165, 1.54) is 0 Å². The maximum Gasteiger partial charge on any atom is 0.181 e. The van der Waals surface area contributed by atoms with Gasteiger partial charge in [0.15, 0.2) is 6.29 Å². The Bertz CT molecular complexity index is 316. The van der Waals surface area contributed by atoms with Crippen molar-refractivity contribution in [2.45, 2.75) is 65.1 Å². The third-order valence-corrected chi connectivity index (χ3v) is 3.21. The second-order valence-electron chi connectivity index (χ2n) is 4.50. The van der Waals surface area contributed by atoms with Gasteiger partial charge in [-0.05, 0) is 32.3 Å². The molecule has 1 aliphatic rings. The van der Waals surface area contributed by atoms with Gasteiger partial charge in [-0.2, -0.15) is 0 Å². The SMILES string of the molecule is C/C=C\C/C(=C\C)C1OC(CO)C(O)C(CCO)O1.CC.CO. The molecular weight excluding hydrogens is 300 g/mol. The van der Waals surface area contributed by atoms with Crippen molar-refractivity contribution >= 4 is 0 Å². The molecule has 0 amide bonds. The lowest BCUT2D eigenvalue weighted by Gasteiger charge is -2.39. The van der Waals surface area contributed by atoms with Gasteiger partial charge in [0.05, 0.1) is 12.7 Å². The third-order valence-electron chi connectivity index (χ3n) is 3.21. The normalized spacial score (nSPS) is 27.8. The molecule has 0 saturated carbocycles. The van der Waals surface area contributed by atoms with Crippen LogP contribution in [-0.4, -0.2) is 65.4 Å². The Morgan fingerprint density at radius 1 is 1.04 bits per heavy atom. The summed E-state index contributed by atoms with van der Waals surface area (Å²) < 4.78 is 11.2. The molecule has 0 spiro atoms. The second kappa shape index (κ2) is 16.1. The van der Waals surface area contributed by atoms with Gasteiger partial charge in [0.2, 0.25) is 0 Å². The van der Waals surface area contributed by atoms with E-state index in [0.29, 0.717) is 12.8 Å². The molecule has 138 valence electrons. The zero-order valence-corrected chi connectivity index (χ0v) is 15.0. The van der Waals surface area contributed by atoms with Gasteiger partial charge in [0, 0.05) is 13.7 Å². The summed E-state index contributed by atoms with van der Waals surface area (Å²) in [6, 6.07) is 0. The van der Waals surface area contributed by atoms with Gasteiger partial charge in [-0.1, -0.05) is 32.1 Å². The van der Waals surface area contributed by atoms with Crippen LogP contribution in [0.25, 0.3) is 0 Å². The van der Waals surface area contributed by atoms with E-state index in [0.717, 1.165) is 12.7 Å². The summed E-state index contributed by atoms with van der Waals surface area (Å²) >= 11 is 0. The summed E-state index contributed by atoms with van der Waals surface area (Å²) in [4.78, 5) is 0. The molecular formula is C17H34O6. The van der Waals surface area contributed by atoms with E-state index in [9.17, 15) is 10.2 Å². The lowest BCUT2D eigenvalue weighted by Crippen LogP contribution is -2.52. The molecule has 1 aliphatic heterocycles. The van der Waals surface area contributed by atoms with Crippen LogP contribution in [0.4, 0.5) is 0 Å². The van der Waals surface area contributed by atoms with Gasteiger partial charge in [0.25, 0.3) is 0 Å². The van der Waals surface area contributed by atoms with Crippen LogP contribution in [0.1, 0.15) is 40.5 Å². The van der Waals surface area contributed by atoms with Gasteiger partial charge in [-0.3, -0.25) is 0 Å². The molecule has 0 aromatic rings. The molecule has 0 aromatic heterocycles. The smallest absolute Gasteiger partial charge is 0.181 e. The fourth-order valence-electron chi connectivity index (χ4n) is 2.05. The van der Waals surface area contributed by atoms with Gasteiger partial charge in [-0.15, -0.1) is 0 Å². The Balaban J connectivity index is 0. The first-order valence-electron chi connectivity index (χ1n) is 8.09. The molecule has 0 aliphatic carbocycles. The standard InChI is InChI=1S/C14H24O5.C2H6.CH4O/c1-3-5-6-10(4-2)14-18-11(7-8-15)13(17)12(9-16)19-14;2*1-2/h3-5,11-17H,6-9H2,1-2H3;1-2H3;2H,1H3/b5-3-,10-4+;;. The molecule has 0 bridgehead atoms. The molecule has 0 radical (unpaired) electrons. The monoisotopic (exact) mass is 334 g/mol. The van der Waals surface area contributed by atoms with E-state index in [4.69, 9.17) is 19.7 Å². The molecule has 1 heterocycles. The summed E-state index contributed by atoms with van der Waals surface area (Å²) in [7, 11) is 1.00.